The molecule has 4 nitrogen and oxygen atoms in total. The molecule has 2 aromatic rings. The van der Waals surface area contributed by atoms with Crippen molar-refractivity contribution in [2.45, 2.75) is 6.42 Å². The predicted octanol–water partition coefficient (Wildman–Crippen LogP) is 3.31. The number of hydrogen-bond donors (Lipinski definition) is 2. The number of halogens is 2. The van der Waals surface area contributed by atoms with Gasteiger partial charge in [-0.3, -0.25) is 4.79 Å². The molecule has 0 fully saturated rings. The van der Waals surface area contributed by atoms with E-state index in [1.807, 2.05) is 0 Å². The molecule has 0 saturated heterocycles. The van der Waals surface area contributed by atoms with Gasteiger partial charge >= 0.3 is 5.97 Å². The van der Waals surface area contributed by atoms with Crippen molar-refractivity contribution in [2.24, 2.45) is 0 Å². The summed E-state index contributed by atoms with van der Waals surface area (Å²) in [5.41, 5.74) is 0.554. The van der Waals surface area contributed by atoms with E-state index in [-0.39, 0.29) is 17.1 Å². The van der Waals surface area contributed by atoms with E-state index in [1.54, 1.807) is 11.4 Å². The quantitative estimate of drug-likeness (QED) is 0.905. The lowest BCUT2D eigenvalue weighted by molar-refractivity contribution is -0.136. The Bertz CT molecular complexity index is 568. The average molecular weight is 287 g/mol. The van der Waals surface area contributed by atoms with Crippen molar-refractivity contribution in [3.63, 3.8) is 0 Å². The van der Waals surface area contributed by atoms with Crippen molar-refractivity contribution in [1.29, 1.82) is 0 Å². The van der Waals surface area contributed by atoms with E-state index >= 15 is 0 Å². The third kappa shape index (κ3) is 2.96. The average Bonchev–Trinajstić information content (AvgIpc) is 2.70. The summed E-state index contributed by atoms with van der Waals surface area (Å²) < 4.78 is 13.5. The molecule has 0 spiro atoms. The topological polar surface area (TPSA) is 62.2 Å². The van der Waals surface area contributed by atoms with Crippen LogP contribution in [0.3, 0.4) is 0 Å². The minimum Gasteiger partial charge on any atom is -0.481 e. The Labute approximate surface area is 111 Å². The van der Waals surface area contributed by atoms with Crippen LogP contribution < -0.4 is 5.32 Å². The van der Waals surface area contributed by atoms with Gasteiger partial charge in [0.25, 0.3) is 0 Å². The molecule has 0 radical (unpaired) electrons. The van der Waals surface area contributed by atoms with Gasteiger partial charge in [0.1, 0.15) is 5.82 Å². The number of anilines is 2. The first-order valence-corrected chi connectivity index (χ1v) is 6.19. The molecule has 0 atom stereocenters. The van der Waals surface area contributed by atoms with E-state index in [9.17, 15) is 9.18 Å². The van der Waals surface area contributed by atoms with Crippen LogP contribution in [-0.4, -0.2) is 16.1 Å². The second-order valence-corrected chi connectivity index (χ2v) is 4.70. The first-order valence-electron chi connectivity index (χ1n) is 4.93. The Morgan fingerprint density at radius 3 is 3.00 bits per heavy atom. The molecule has 0 aliphatic heterocycles. The van der Waals surface area contributed by atoms with Crippen LogP contribution in [0.15, 0.2) is 23.6 Å². The second-order valence-electron chi connectivity index (χ2n) is 3.44. The molecular weight excluding hydrogens is 279 g/mol. The van der Waals surface area contributed by atoms with Gasteiger partial charge in [-0.2, -0.15) is 0 Å². The fourth-order valence-electron chi connectivity index (χ4n) is 1.32. The number of thiazole rings is 1. The van der Waals surface area contributed by atoms with Crippen molar-refractivity contribution < 1.29 is 14.3 Å². The summed E-state index contributed by atoms with van der Waals surface area (Å²) in [5, 5.41) is 13.6. The lowest BCUT2D eigenvalue weighted by atomic mass is 10.3. The largest absolute Gasteiger partial charge is 0.481 e. The maximum Gasteiger partial charge on any atom is 0.309 e. The lowest BCUT2D eigenvalue weighted by Crippen LogP contribution is -2.00. The van der Waals surface area contributed by atoms with Gasteiger partial charge in [0.2, 0.25) is 0 Å². The van der Waals surface area contributed by atoms with Crippen LogP contribution in [0.5, 0.6) is 0 Å². The van der Waals surface area contributed by atoms with Crippen molar-refractivity contribution >= 4 is 39.7 Å². The Balaban J connectivity index is 2.19. The monoisotopic (exact) mass is 286 g/mol. The van der Waals surface area contributed by atoms with Crippen LogP contribution in [0.2, 0.25) is 5.02 Å². The fraction of sp³-hybridized carbons (Fsp3) is 0.0909. The highest BCUT2D eigenvalue weighted by Gasteiger charge is 2.10. The van der Waals surface area contributed by atoms with Crippen LogP contribution >= 0.6 is 22.9 Å². The number of carboxylic acid groups (broad SMARTS) is 1. The number of para-hydroxylation sites is 1. The SMILES string of the molecule is O=C(O)Cc1csc(Nc2c(F)cccc2Cl)n1. The van der Waals surface area contributed by atoms with Crippen molar-refractivity contribution in [3.8, 4) is 0 Å². The normalized spacial score (nSPS) is 10.3. The maximum absolute atomic E-state index is 13.5. The van der Waals surface area contributed by atoms with E-state index in [2.05, 4.69) is 10.3 Å². The Morgan fingerprint density at radius 2 is 2.33 bits per heavy atom. The summed E-state index contributed by atoms with van der Waals surface area (Å²) in [4.78, 5) is 14.5. The van der Waals surface area contributed by atoms with Crippen LogP contribution in [-0.2, 0) is 11.2 Å². The van der Waals surface area contributed by atoms with Gasteiger partial charge in [-0.15, -0.1) is 11.3 Å². The Morgan fingerprint density at radius 1 is 1.56 bits per heavy atom. The zero-order chi connectivity index (χ0) is 13.1. The number of carboxylic acids is 1. The van der Waals surface area contributed by atoms with Crippen LogP contribution in [0, 0.1) is 5.82 Å². The summed E-state index contributed by atoms with van der Waals surface area (Å²) in [6, 6.07) is 4.33. The maximum atomic E-state index is 13.5. The number of benzene rings is 1. The first kappa shape index (κ1) is 12.8. The fourth-order valence-corrected chi connectivity index (χ4v) is 2.25. The molecule has 1 heterocycles. The highest BCUT2D eigenvalue weighted by atomic mass is 35.5. The molecule has 1 aromatic carbocycles. The molecule has 0 aliphatic rings. The molecular formula is C11H8ClFN2O2S. The minimum absolute atomic E-state index is 0.135. The van der Waals surface area contributed by atoms with Crippen LogP contribution in [0.1, 0.15) is 5.69 Å². The van der Waals surface area contributed by atoms with Crippen LogP contribution in [0.4, 0.5) is 15.2 Å². The van der Waals surface area contributed by atoms with Gasteiger partial charge in [0.15, 0.2) is 5.13 Å². The summed E-state index contributed by atoms with van der Waals surface area (Å²) in [6.45, 7) is 0. The summed E-state index contributed by atoms with van der Waals surface area (Å²) in [7, 11) is 0. The molecule has 0 bridgehead atoms. The standard InChI is InChI=1S/C11H8ClFN2O2S/c12-7-2-1-3-8(13)10(7)15-11-14-6(5-18-11)4-9(16)17/h1-3,5H,4H2,(H,14,15)(H,16,17). The summed E-state index contributed by atoms with van der Waals surface area (Å²) in [6.07, 6.45) is -0.164. The molecule has 2 N–H and O–H groups in total. The van der Waals surface area contributed by atoms with Gasteiger partial charge in [0, 0.05) is 5.38 Å². The molecule has 0 aliphatic carbocycles. The van der Waals surface area contributed by atoms with E-state index < -0.39 is 11.8 Å². The molecule has 94 valence electrons. The molecule has 0 amide bonds. The first-order chi connectivity index (χ1) is 8.56. The molecule has 7 heteroatoms. The zero-order valence-electron chi connectivity index (χ0n) is 8.98. The second kappa shape index (κ2) is 5.32. The number of aliphatic carboxylic acids is 1. The number of hydrogen-bond acceptors (Lipinski definition) is 4. The van der Waals surface area contributed by atoms with E-state index in [4.69, 9.17) is 16.7 Å². The molecule has 1 aromatic heterocycles. The summed E-state index contributed by atoms with van der Waals surface area (Å²) >= 11 is 7.04. The van der Waals surface area contributed by atoms with Gasteiger partial charge in [-0.05, 0) is 12.1 Å². The van der Waals surface area contributed by atoms with E-state index in [0.717, 1.165) is 0 Å². The van der Waals surface area contributed by atoms with Crippen LogP contribution in [0.25, 0.3) is 0 Å². The minimum atomic E-state index is -0.962. The smallest absolute Gasteiger partial charge is 0.309 e. The lowest BCUT2D eigenvalue weighted by Gasteiger charge is -2.05. The van der Waals surface area contributed by atoms with Crippen molar-refractivity contribution in [3.05, 3.63) is 40.1 Å². The van der Waals surface area contributed by atoms with Gasteiger partial charge in [0.05, 0.1) is 22.8 Å². The van der Waals surface area contributed by atoms with Crippen molar-refractivity contribution in [2.75, 3.05) is 5.32 Å². The van der Waals surface area contributed by atoms with Gasteiger partial charge < -0.3 is 10.4 Å². The number of nitrogens with zero attached hydrogens (tertiary/aromatic N) is 1. The Kier molecular flexibility index (Phi) is 3.78. The highest BCUT2D eigenvalue weighted by Crippen LogP contribution is 2.29. The predicted molar refractivity (Wildman–Crippen MR) is 68.1 cm³/mol. The molecule has 18 heavy (non-hydrogen) atoms. The number of rotatable bonds is 4. The molecule has 0 saturated carbocycles. The third-order valence-electron chi connectivity index (χ3n) is 2.08. The third-order valence-corrected chi connectivity index (χ3v) is 3.20. The number of carbonyl (C=O) groups is 1. The molecule has 2 rings (SSSR count). The molecule has 0 unspecified atom stereocenters. The number of aromatic nitrogens is 1. The summed E-state index contributed by atoms with van der Waals surface area (Å²) in [5.74, 6) is -1.45. The van der Waals surface area contributed by atoms with E-state index in [1.165, 1.54) is 23.5 Å². The van der Waals surface area contributed by atoms with Crippen molar-refractivity contribution in [1.82, 2.24) is 4.98 Å². The number of nitrogens with one attached hydrogen (secondary N) is 1. The zero-order valence-corrected chi connectivity index (χ0v) is 10.6. The van der Waals surface area contributed by atoms with Gasteiger partial charge in [-0.1, -0.05) is 17.7 Å². The van der Waals surface area contributed by atoms with E-state index in [0.29, 0.717) is 10.8 Å². The Hall–Kier alpha value is -1.66. The highest BCUT2D eigenvalue weighted by molar-refractivity contribution is 7.13. The van der Waals surface area contributed by atoms with Gasteiger partial charge in [-0.25, -0.2) is 9.37 Å².